The van der Waals surface area contributed by atoms with E-state index in [-0.39, 0.29) is 11.7 Å². The Kier molecular flexibility index (Phi) is 4.98. The first-order valence-corrected chi connectivity index (χ1v) is 9.61. The largest absolute Gasteiger partial charge is 0.337 e. The van der Waals surface area contributed by atoms with Gasteiger partial charge in [-0.15, -0.1) is 0 Å². The number of likely N-dealkylation sites (tertiary alicyclic amines) is 1. The quantitative estimate of drug-likeness (QED) is 0.751. The van der Waals surface area contributed by atoms with Gasteiger partial charge in [-0.25, -0.2) is 4.39 Å². The van der Waals surface area contributed by atoms with Gasteiger partial charge in [-0.3, -0.25) is 14.6 Å². The third-order valence-corrected chi connectivity index (χ3v) is 5.38. The van der Waals surface area contributed by atoms with Crippen molar-refractivity contribution in [2.45, 2.75) is 33.2 Å². The van der Waals surface area contributed by atoms with Crippen molar-refractivity contribution < 1.29 is 9.18 Å². The predicted molar refractivity (Wildman–Crippen MR) is 104 cm³/mol. The Labute approximate surface area is 163 Å². The molecule has 6 nitrogen and oxygen atoms in total. The molecule has 7 heteroatoms. The van der Waals surface area contributed by atoms with E-state index in [2.05, 4.69) is 33.0 Å². The molecule has 0 unspecified atom stereocenters. The Morgan fingerprint density at radius 3 is 2.54 bits per heavy atom. The van der Waals surface area contributed by atoms with Crippen molar-refractivity contribution in [3.05, 3.63) is 59.3 Å². The summed E-state index contributed by atoms with van der Waals surface area (Å²) in [5.41, 5.74) is 4.11. The maximum atomic E-state index is 13.1. The molecule has 0 atom stereocenters. The van der Waals surface area contributed by atoms with Crippen molar-refractivity contribution in [3.63, 3.8) is 0 Å². The van der Waals surface area contributed by atoms with Crippen LogP contribution in [0.25, 0.3) is 11.3 Å². The summed E-state index contributed by atoms with van der Waals surface area (Å²) < 4.78 is 15.1. The highest BCUT2D eigenvalue weighted by molar-refractivity contribution is 5.93. The molecule has 1 amide bonds. The fraction of sp³-hybridized carbons (Fsp3) is 0.381. The summed E-state index contributed by atoms with van der Waals surface area (Å²) in [7, 11) is 0. The van der Waals surface area contributed by atoms with Crippen LogP contribution in [0.1, 0.15) is 34.7 Å². The highest BCUT2D eigenvalue weighted by Crippen LogP contribution is 2.23. The Morgan fingerprint density at radius 2 is 1.89 bits per heavy atom. The Bertz CT molecular complexity index is 967. The van der Waals surface area contributed by atoms with E-state index in [1.54, 1.807) is 18.2 Å². The van der Waals surface area contributed by atoms with E-state index in [1.165, 1.54) is 17.8 Å². The van der Waals surface area contributed by atoms with Gasteiger partial charge in [-0.1, -0.05) is 0 Å². The summed E-state index contributed by atoms with van der Waals surface area (Å²) in [6, 6.07) is 9.92. The fourth-order valence-corrected chi connectivity index (χ4v) is 3.79. The van der Waals surface area contributed by atoms with Gasteiger partial charge in [0.15, 0.2) is 0 Å². The number of aromatic amines is 1. The van der Waals surface area contributed by atoms with Crippen LogP contribution in [0.2, 0.25) is 0 Å². The van der Waals surface area contributed by atoms with Gasteiger partial charge in [-0.05, 0) is 69.0 Å². The zero-order valence-electron chi connectivity index (χ0n) is 16.2. The van der Waals surface area contributed by atoms with Crippen LogP contribution < -0.4 is 0 Å². The van der Waals surface area contributed by atoms with Crippen molar-refractivity contribution in [1.29, 1.82) is 0 Å². The summed E-state index contributed by atoms with van der Waals surface area (Å²) in [6.07, 6.45) is 1.92. The van der Waals surface area contributed by atoms with E-state index in [4.69, 9.17) is 0 Å². The number of nitrogens with zero attached hydrogens (tertiary/aromatic N) is 4. The number of hydrogen-bond acceptors (Lipinski definition) is 3. The lowest BCUT2D eigenvalue weighted by molar-refractivity contribution is 0.0675. The lowest BCUT2D eigenvalue weighted by Crippen LogP contribution is -2.39. The number of aromatic nitrogens is 4. The van der Waals surface area contributed by atoms with Crippen LogP contribution in [0, 0.1) is 25.6 Å². The number of amides is 1. The van der Waals surface area contributed by atoms with E-state index in [0.717, 1.165) is 43.7 Å². The fourth-order valence-electron chi connectivity index (χ4n) is 3.79. The lowest BCUT2D eigenvalue weighted by atomic mass is 9.96. The number of hydrogen-bond donors (Lipinski definition) is 1. The molecule has 1 aliphatic heterocycles. The number of benzene rings is 1. The maximum Gasteiger partial charge on any atom is 0.271 e. The first kappa shape index (κ1) is 18.4. The topological polar surface area (TPSA) is 66.8 Å². The predicted octanol–water partition coefficient (Wildman–Crippen LogP) is 3.58. The number of nitrogens with one attached hydrogen (secondary N) is 1. The molecule has 146 valence electrons. The molecule has 4 rings (SSSR count). The lowest BCUT2D eigenvalue weighted by Gasteiger charge is -2.31. The zero-order chi connectivity index (χ0) is 19.7. The highest BCUT2D eigenvalue weighted by Gasteiger charge is 2.25. The maximum absolute atomic E-state index is 13.1. The molecular weight excluding hydrogens is 357 g/mol. The smallest absolute Gasteiger partial charge is 0.271 e. The summed E-state index contributed by atoms with van der Waals surface area (Å²) in [5, 5.41) is 11.6. The number of piperidine rings is 1. The SMILES string of the molecule is Cc1cc(C)n(CC2CCN(C(=O)c3cc(-c4ccc(F)cc4)n[nH]3)CC2)n1. The standard InChI is InChI=1S/C21H24FN5O/c1-14-11-15(2)27(25-14)13-16-7-9-26(10-8-16)21(28)20-12-19(23-24-20)17-3-5-18(22)6-4-17/h3-6,11-12,16H,7-10,13H2,1-2H3,(H,23,24). The molecule has 0 radical (unpaired) electrons. The number of carbonyl (C=O) groups is 1. The van der Waals surface area contributed by atoms with Crippen LogP contribution in [0.15, 0.2) is 36.4 Å². The van der Waals surface area contributed by atoms with Gasteiger partial charge >= 0.3 is 0 Å². The van der Waals surface area contributed by atoms with Crippen molar-refractivity contribution in [2.75, 3.05) is 13.1 Å². The average Bonchev–Trinajstić information content (AvgIpc) is 3.29. The third kappa shape index (κ3) is 3.83. The van der Waals surface area contributed by atoms with E-state index < -0.39 is 0 Å². The highest BCUT2D eigenvalue weighted by atomic mass is 19.1. The minimum atomic E-state index is -0.293. The normalized spacial score (nSPS) is 15.2. The molecule has 1 aliphatic rings. The van der Waals surface area contributed by atoms with E-state index in [1.807, 2.05) is 11.8 Å². The number of carbonyl (C=O) groups excluding carboxylic acids is 1. The first-order valence-electron chi connectivity index (χ1n) is 9.61. The third-order valence-electron chi connectivity index (χ3n) is 5.38. The number of rotatable bonds is 4. The second kappa shape index (κ2) is 7.58. The summed E-state index contributed by atoms with van der Waals surface area (Å²) in [5.74, 6) is 0.197. The average molecular weight is 381 g/mol. The number of halogens is 1. The van der Waals surface area contributed by atoms with Gasteiger partial charge in [0.2, 0.25) is 0 Å². The van der Waals surface area contributed by atoms with Crippen LogP contribution >= 0.6 is 0 Å². The molecule has 3 heterocycles. The monoisotopic (exact) mass is 381 g/mol. The van der Waals surface area contributed by atoms with Gasteiger partial charge in [0.1, 0.15) is 11.5 Å². The molecule has 1 saturated heterocycles. The van der Waals surface area contributed by atoms with Crippen LogP contribution in [0.5, 0.6) is 0 Å². The van der Waals surface area contributed by atoms with Gasteiger partial charge in [0.25, 0.3) is 5.91 Å². The Balaban J connectivity index is 1.36. The Morgan fingerprint density at radius 1 is 1.18 bits per heavy atom. The van der Waals surface area contributed by atoms with Gasteiger partial charge < -0.3 is 4.90 Å². The second-order valence-corrected chi connectivity index (χ2v) is 7.52. The summed E-state index contributed by atoms with van der Waals surface area (Å²) >= 11 is 0. The molecule has 0 saturated carbocycles. The van der Waals surface area contributed by atoms with Gasteiger partial charge in [0, 0.05) is 30.9 Å². The zero-order valence-corrected chi connectivity index (χ0v) is 16.2. The van der Waals surface area contributed by atoms with E-state index >= 15 is 0 Å². The van der Waals surface area contributed by atoms with Gasteiger partial charge in [-0.2, -0.15) is 10.2 Å². The molecule has 1 fully saturated rings. The van der Waals surface area contributed by atoms with Crippen molar-refractivity contribution in [3.8, 4) is 11.3 Å². The first-order chi connectivity index (χ1) is 13.5. The molecule has 0 aliphatic carbocycles. The van der Waals surface area contributed by atoms with E-state index in [9.17, 15) is 9.18 Å². The molecule has 0 spiro atoms. The molecule has 28 heavy (non-hydrogen) atoms. The molecule has 0 bridgehead atoms. The van der Waals surface area contributed by atoms with E-state index in [0.29, 0.717) is 17.3 Å². The van der Waals surface area contributed by atoms with Crippen molar-refractivity contribution >= 4 is 5.91 Å². The number of H-pyrrole nitrogens is 1. The second-order valence-electron chi connectivity index (χ2n) is 7.52. The molecule has 1 aromatic carbocycles. The summed E-state index contributed by atoms with van der Waals surface area (Å²) in [6.45, 7) is 6.45. The van der Waals surface area contributed by atoms with Crippen LogP contribution in [-0.2, 0) is 6.54 Å². The minimum Gasteiger partial charge on any atom is -0.337 e. The molecule has 2 aromatic heterocycles. The molecule has 3 aromatic rings. The van der Waals surface area contributed by atoms with Crippen LogP contribution in [0.3, 0.4) is 0 Å². The molecule has 1 N–H and O–H groups in total. The summed E-state index contributed by atoms with van der Waals surface area (Å²) in [4.78, 5) is 14.7. The van der Waals surface area contributed by atoms with Gasteiger partial charge in [0.05, 0.1) is 11.4 Å². The van der Waals surface area contributed by atoms with Crippen LogP contribution in [0.4, 0.5) is 4.39 Å². The van der Waals surface area contributed by atoms with Crippen molar-refractivity contribution in [1.82, 2.24) is 24.9 Å². The number of aryl methyl sites for hydroxylation is 2. The van der Waals surface area contributed by atoms with Crippen molar-refractivity contribution in [2.24, 2.45) is 5.92 Å². The van der Waals surface area contributed by atoms with Crippen LogP contribution in [-0.4, -0.2) is 43.9 Å². The minimum absolute atomic E-state index is 0.0366. The Hall–Kier alpha value is -2.96. The molecular formula is C21H24FN5O.